The van der Waals surface area contributed by atoms with Crippen LogP contribution in [-0.2, 0) is 4.74 Å². The van der Waals surface area contributed by atoms with E-state index in [-0.39, 0.29) is 21.4 Å². The summed E-state index contributed by atoms with van der Waals surface area (Å²) in [6.07, 6.45) is 0. The fourth-order valence-electron chi connectivity index (χ4n) is 1.21. The van der Waals surface area contributed by atoms with Crippen molar-refractivity contribution in [2.45, 2.75) is 26.4 Å². The SMILES string of the molecule is CC(C)(C)OC(=O)c1cc(Br)c(N)c([N+](=O)[O-])c1. The number of benzene rings is 1. The number of carbonyl (C=O) groups excluding carboxylic acids is 1. The van der Waals surface area contributed by atoms with Gasteiger partial charge in [0.15, 0.2) is 0 Å². The number of nitrogens with two attached hydrogens (primary N) is 1. The lowest BCUT2D eigenvalue weighted by molar-refractivity contribution is -0.384. The van der Waals surface area contributed by atoms with Gasteiger partial charge in [-0.25, -0.2) is 4.79 Å². The highest BCUT2D eigenvalue weighted by Gasteiger charge is 2.23. The first-order chi connectivity index (χ1) is 8.11. The van der Waals surface area contributed by atoms with Crippen LogP contribution in [0.3, 0.4) is 0 Å². The third-order valence-corrected chi connectivity index (χ3v) is 2.60. The number of rotatable bonds is 2. The smallest absolute Gasteiger partial charge is 0.338 e. The Balaban J connectivity index is 3.19. The lowest BCUT2D eigenvalue weighted by Crippen LogP contribution is -2.24. The van der Waals surface area contributed by atoms with Gasteiger partial charge in [0, 0.05) is 10.5 Å². The summed E-state index contributed by atoms with van der Waals surface area (Å²) in [5.74, 6) is -0.633. The van der Waals surface area contributed by atoms with Gasteiger partial charge in [0.05, 0.1) is 10.5 Å². The molecule has 1 rings (SSSR count). The van der Waals surface area contributed by atoms with Gasteiger partial charge in [0.2, 0.25) is 0 Å². The summed E-state index contributed by atoms with van der Waals surface area (Å²) < 4.78 is 5.42. The molecule has 1 aromatic carbocycles. The Labute approximate surface area is 112 Å². The maximum absolute atomic E-state index is 11.8. The molecular formula is C11H13BrN2O4. The molecule has 0 heterocycles. The number of nitro groups is 1. The van der Waals surface area contributed by atoms with Crippen molar-refractivity contribution < 1.29 is 14.5 Å². The van der Waals surface area contributed by atoms with E-state index in [9.17, 15) is 14.9 Å². The van der Waals surface area contributed by atoms with Crippen molar-refractivity contribution in [1.29, 1.82) is 0 Å². The van der Waals surface area contributed by atoms with E-state index in [1.807, 2.05) is 0 Å². The van der Waals surface area contributed by atoms with E-state index in [0.717, 1.165) is 6.07 Å². The average Bonchev–Trinajstić information content (AvgIpc) is 2.18. The minimum absolute atomic E-state index is 0.0210. The number of halogens is 1. The largest absolute Gasteiger partial charge is 0.456 e. The third-order valence-electron chi connectivity index (χ3n) is 1.94. The summed E-state index contributed by atoms with van der Waals surface area (Å²) in [6.45, 7) is 5.14. The zero-order chi connectivity index (χ0) is 14.1. The van der Waals surface area contributed by atoms with Crippen LogP contribution >= 0.6 is 15.9 Å². The zero-order valence-electron chi connectivity index (χ0n) is 10.2. The van der Waals surface area contributed by atoms with Crippen molar-refractivity contribution in [1.82, 2.24) is 0 Å². The predicted octanol–water partition coefficient (Wildman–Crippen LogP) is 2.89. The van der Waals surface area contributed by atoms with Gasteiger partial charge in [-0.1, -0.05) is 0 Å². The summed E-state index contributed by atoms with van der Waals surface area (Å²) in [6, 6.07) is 2.50. The van der Waals surface area contributed by atoms with Crippen LogP contribution in [0.2, 0.25) is 0 Å². The summed E-state index contributed by atoms with van der Waals surface area (Å²) in [7, 11) is 0. The van der Waals surface area contributed by atoms with Crippen LogP contribution in [0.25, 0.3) is 0 Å². The summed E-state index contributed by atoms with van der Waals surface area (Å²) in [5.41, 5.74) is 4.60. The summed E-state index contributed by atoms with van der Waals surface area (Å²) in [4.78, 5) is 21.9. The summed E-state index contributed by atoms with van der Waals surface area (Å²) >= 11 is 3.08. The Morgan fingerprint density at radius 2 is 2.00 bits per heavy atom. The number of hydrogen-bond donors (Lipinski definition) is 1. The van der Waals surface area contributed by atoms with Gasteiger partial charge in [0.25, 0.3) is 5.69 Å². The Morgan fingerprint density at radius 3 is 2.44 bits per heavy atom. The Morgan fingerprint density at radius 1 is 1.44 bits per heavy atom. The van der Waals surface area contributed by atoms with Gasteiger partial charge in [-0.3, -0.25) is 10.1 Å². The number of ether oxygens (including phenoxy) is 1. The second kappa shape index (κ2) is 4.93. The Bertz CT molecular complexity index is 509. The first-order valence-corrected chi connectivity index (χ1v) is 5.88. The molecule has 6 nitrogen and oxygen atoms in total. The van der Waals surface area contributed by atoms with Gasteiger partial charge >= 0.3 is 5.97 Å². The zero-order valence-corrected chi connectivity index (χ0v) is 11.8. The normalized spacial score (nSPS) is 11.1. The number of nitro benzene ring substituents is 1. The fraction of sp³-hybridized carbons (Fsp3) is 0.364. The Hall–Kier alpha value is -1.63. The number of nitrogens with zero attached hydrogens (tertiary/aromatic N) is 1. The second-order valence-electron chi connectivity index (χ2n) is 4.65. The van der Waals surface area contributed by atoms with Crippen LogP contribution in [-0.4, -0.2) is 16.5 Å². The average molecular weight is 317 g/mol. The quantitative estimate of drug-likeness (QED) is 0.391. The topological polar surface area (TPSA) is 95.5 Å². The van der Waals surface area contributed by atoms with Crippen molar-refractivity contribution in [3.05, 3.63) is 32.3 Å². The molecule has 0 radical (unpaired) electrons. The highest BCUT2D eigenvalue weighted by atomic mass is 79.9. The molecule has 0 aromatic heterocycles. The molecule has 2 N–H and O–H groups in total. The fourth-order valence-corrected chi connectivity index (χ4v) is 1.66. The number of carbonyl (C=O) groups is 1. The lowest BCUT2D eigenvalue weighted by Gasteiger charge is -2.19. The van der Waals surface area contributed by atoms with Gasteiger partial charge < -0.3 is 10.5 Å². The molecule has 98 valence electrons. The van der Waals surface area contributed by atoms with Gasteiger partial charge in [-0.2, -0.15) is 0 Å². The first kappa shape index (κ1) is 14.4. The molecule has 0 unspecified atom stereocenters. The highest BCUT2D eigenvalue weighted by Crippen LogP contribution is 2.31. The molecule has 0 aliphatic carbocycles. The molecule has 0 atom stereocenters. The van der Waals surface area contributed by atoms with Crippen LogP contribution in [0.15, 0.2) is 16.6 Å². The molecule has 7 heteroatoms. The van der Waals surface area contributed by atoms with Crippen molar-refractivity contribution in [2.75, 3.05) is 5.73 Å². The first-order valence-electron chi connectivity index (χ1n) is 5.08. The molecule has 1 aromatic rings. The monoisotopic (exact) mass is 316 g/mol. The van der Waals surface area contributed by atoms with Crippen LogP contribution in [0.4, 0.5) is 11.4 Å². The minimum Gasteiger partial charge on any atom is -0.456 e. The van der Waals surface area contributed by atoms with Crippen molar-refractivity contribution in [2.24, 2.45) is 0 Å². The van der Waals surface area contributed by atoms with Crippen LogP contribution in [0, 0.1) is 10.1 Å². The molecule has 0 fully saturated rings. The lowest BCUT2D eigenvalue weighted by atomic mass is 10.1. The molecule has 0 aliphatic heterocycles. The maximum atomic E-state index is 11.8. The minimum atomic E-state index is -0.667. The van der Waals surface area contributed by atoms with Crippen LogP contribution in [0.1, 0.15) is 31.1 Å². The molecule has 0 bridgehead atoms. The van der Waals surface area contributed by atoms with E-state index < -0.39 is 16.5 Å². The molecule has 0 saturated heterocycles. The molecule has 0 aliphatic rings. The van der Waals surface area contributed by atoms with Crippen LogP contribution < -0.4 is 5.73 Å². The number of nitrogen functional groups attached to an aromatic ring is 1. The number of hydrogen-bond acceptors (Lipinski definition) is 5. The predicted molar refractivity (Wildman–Crippen MR) is 70.4 cm³/mol. The second-order valence-corrected chi connectivity index (χ2v) is 5.50. The van der Waals surface area contributed by atoms with Crippen molar-refractivity contribution >= 4 is 33.3 Å². The van der Waals surface area contributed by atoms with E-state index in [4.69, 9.17) is 10.5 Å². The van der Waals surface area contributed by atoms with Crippen molar-refractivity contribution in [3.63, 3.8) is 0 Å². The van der Waals surface area contributed by atoms with Gasteiger partial charge in [-0.05, 0) is 42.8 Å². The summed E-state index contributed by atoms with van der Waals surface area (Å²) in [5, 5.41) is 10.8. The molecular weight excluding hydrogens is 304 g/mol. The van der Waals surface area contributed by atoms with Gasteiger partial charge in [-0.15, -0.1) is 0 Å². The molecule has 18 heavy (non-hydrogen) atoms. The van der Waals surface area contributed by atoms with E-state index in [2.05, 4.69) is 15.9 Å². The number of esters is 1. The Kier molecular flexibility index (Phi) is 3.95. The third kappa shape index (κ3) is 3.43. The van der Waals surface area contributed by atoms with E-state index in [0.29, 0.717) is 0 Å². The highest BCUT2D eigenvalue weighted by molar-refractivity contribution is 9.10. The van der Waals surface area contributed by atoms with Crippen molar-refractivity contribution in [3.8, 4) is 0 Å². The standard InChI is InChI=1S/C11H13BrN2O4/c1-11(2,3)18-10(15)6-4-7(12)9(13)8(5-6)14(16)17/h4-5H,13H2,1-3H3. The molecule has 0 spiro atoms. The van der Waals surface area contributed by atoms with Crippen LogP contribution in [0.5, 0.6) is 0 Å². The molecule has 0 amide bonds. The number of anilines is 1. The van der Waals surface area contributed by atoms with E-state index in [1.54, 1.807) is 20.8 Å². The molecule has 0 saturated carbocycles. The van der Waals surface area contributed by atoms with E-state index in [1.165, 1.54) is 6.07 Å². The van der Waals surface area contributed by atoms with E-state index >= 15 is 0 Å². The maximum Gasteiger partial charge on any atom is 0.338 e. The van der Waals surface area contributed by atoms with Gasteiger partial charge in [0.1, 0.15) is 11.3 Å².